The first kappa shape index (κ1) is 26.5. The van der Waals surface area contributed by atoms with E-state index in [0.717, 1.165) is 40.8 Å². The second-order valence-electron chi connectivity index (χ2n) is 8.31. The lowest BCUT2D eigenvalue weighted by Gasteiger charge is -2.19. The van der Waals surface area contributed by atoms with Gasteiger partial charge in [0.05, 0.1) is 5.75 Å². The van der Waals surface area contributed by atoms with Gasteiger partial charge in [-0.25, -0.2) is 13.1 Å². The van der Waals surface area contributed by atoms with Crippen LogP contribution in [0, 0.1) is 6.92 Å². The van der Waals surface area contributed by atoms with Crippen LogP contribution in [-0.2, 0) is 16.4 Å². The Morgan fingerprint density at radius 1 is 1.12 bits per heavy atom. The average molecular weight is 550 g/mol. The molecule has 0 fully saturated rings. The minimum atomic E-state index is -3.53. The lowest BCUT2D eigenvalue weighted by Crippen LogP contribution is -2.33. The van der Waals surface area contributed by atoms with Gasteiger partial charge in [-0.1, -0.05) is 65.3 Å². The summed E-state index contributed by atoms with van der Waals surface area (Å²) in [6.45, 7) is 8.69. The third-order valence-electron chi connectivity index (χ3n) is 5.84. The molecule has 0 aliphatic carbocycles. The SMILES string of the molecule is CCN(CC)CCCS(=O)(=O)N[C@H](CCc1ccccc1)c1nc(-c2ccc(Br)cc2C)no1. The quantitative estimate of drug-likeness (QED) is 0.318. The summed E-state index contributed by atoms with van der Waals surface area (Å²) in [6.07, 6.45) is 1.76. The van der Waals surface area contributed by atoms with Crippen molar-refractivity contribution in [2.24, 2.45) is 0 Å². The van der Waals surface area contributed by atoms with Crippen LogP contribution in [0.2, 0.25) is 0 Å². The van der Waals surface area contributed by atoms with Crippen LogP contribution < -0.4 is 4.72 Å². The Morgan fingerprint density at radius 2 is 1.85 bits per heavy atom. The van der Waals surface area contributed by atoms with Crippen molar-refractivity contribution in [2.75, 3.05) is 25.4 Å². The molecule has 2 aromatic carbocycles. The first-order valence-corrected chi connectivity index (χ1v) is 14.1. The molecule has 34 heavy (non-hydrogen) atoms. The normalized spacial score (nSPS) is 12.9. The highest BCUT2D eigenvalue weighted by atomic mass is 79.9. The van der Waals surface area contributed by atoms with Crippen molar-refractivity contribution in [2.45, 2.75) is 46.1 Å². The summed E-state index contributed by atoms with van der Waals surface area (Å²) in [5, 5.41) is 4.15. The fraction of sp³-hybridized carbons (Fsp3) is 0.440. The van der Waals surface area contributed by atoms with E-state index in [0.29, 0.717) is 25.1 Å². The van der Waals surface area contributed by atoms with Crippen molar-refractivity contribution in [1.82, 2.24) is 19.8 Å². The molecular weight excluding hydrogens is 516 g/mol. The summed E-state index contributed by atoms with van der Waals surface area (Å²) in [5.74, 6) is 0.782. The number of benzene rings is 2. The van der Waals surface area contributed by atoms with Crippen LogP contribution in [0.3, 0.4) is 0 Å². The van der Waals surface area contributed by atoms with Gasteiger partial charge in [0.1, 0.15) is 6.04 Å². The van der Waals surface area contributed by atoms with E-state index >= 15 is 0 Å². The van der Waals surface area contributed by atoms with Crippen LogP contribution in [0.1, 0.15) is 49.7 Å². The Labute approximate surface area is 211 Å². The molecule has 0 saturated heterocycles. The first-order valence-electron chi connectivity index (χ1n) is 11.7. The summed E-state index contributed by atoms with van der Waals surface area (Å²) >= 11 is 3.47. The molecule has 0 saturated carbocycles. The van der Waals surface area contributed by atoms with E-state index in [1.807, 2.05) is 55.5 Å². The van der Waals surface area contributed by atoms with Crippen LogP contribution in [0.15, 0.2) is 57.5 Å². The van der Waals surface area contributed by atoms with Gasteiger partial charge in [0.15, 0.2) is 0 Å². The molecule has 1 heterocycles. The maximum Gasteiger partial charge on any atom is 0.245 e. The van der Waals surface area contributed by atoms with Crippen molar-refractivity contribution < 1.29 is 12.9 Å². The molecule has 0 spiro atoms. The fourth-order valence-corrected chi connectivity index (χ4v) is 5.60. The van der Waals surface area contributed by atoms with Crippen LogP contribution >= 0.6 is 15.9 Å². The third-order valence-corrected chi connectivity index (χ3v) is 7.80. The van der Waals surface area contributed by atoms with Gasteiger partial charge in [-0.05, 0) is 75.1 Å². The Hall–Kier alpha value is -2.07. The van der Waals surface area contributed by atoms with Crippen molar-refractivity contribution in [3.8, 4) is 11.4 Å². The molecule has 0 aliphatic heterocycles. The number of sulfonamides is 1. The number of nitrogens with one attached hydrogen (secondary N) is 1. The topological polar surface area (TPSA) is 88.3 Å². The van der Waals surface area contributed by atoms with Gasteiger partial charge < -0.3 is 9.42 Å². The molecule has 0 radical (unpaired) electrons. The molecule has 0 unspecified atom stereocenters. The van der Waals surface area contributed by atoms with Gasteiger partial charge in [0.2, 0.25) is 21.7 Å². The number of aromatic nitrogens is 2. The summed E-state index contributed by atoms with van der Waals surface area (Å²) in [5.41, 5.74) is 2.97. The zero-order valence-corrected chi connectivity index (χ0v) is 22.4. The zero-order chi connectivity index (χ0) is 24.6. The van der Waals surface area contributed by atoms with Crippen molar-refractivity contribution in [3.05, 3.63) is 70.0 Å². The van der Waals surface area contributed by atoms with Crippen molar-refractivity contribution in [3.63, 3.8) is 0 Å². The highest BCUT2D eigenvalue weighted by Gasteiger charge is 2.25. The van der Waals surface area contributed by atoms with Crippen molar-refractivity contribution >= 4 is 26.0 Å². The van der Waals surface area contributed by atoms with Gasteiger partial charge in [0.25, 0.3) is 0 Å². The molecule has 0 bridgehead atoms. The maximum atomic E-state index is 12.9. The molecule has 0 amide bonds. The van der Waals surface area contributed by atoms with Gasteiger partial charge in [-0.15, -0.1) is 0 Å². The van der Waals surface area contributed by atoms with Crippen LogP contribution in [0.4, 0.5) is 0 Å². The lowest BCUT2D eigenvalue weighted by molar-refractivity contribution is 0.304. The molecule has 7 nitrogen and oxygen atoms in total. The number of nitrogens with zero attached hydrogens (tertiary/aromatic N) is 3. The largest absolute Gasteiger partial charge is 0.337 e. The molecular formula is C25H33BrN4O3S. The molecule has 1 N–H and O–H groups in total. The number of aryl methyl sites for hydroxylation is 2. The Kier molecular flexibility index (Phi) is 9.82. The third kappa shape index (κ3) is 7.73. The van der Waals surface area contributed by atoms with Crippen LogP contribution in [0.25, 0.3) is 11.4 Å². The molecule has 184 valence electrons. The molecule has 3 aromatic rings. The molecule has 9 heteroatoms. The van der Waals surface area contributed by atoms with Gasteiger partial charge in [-0.3, -0.25) is 0 Å². The summed E-state index contributed by atoms with van der Waals surface area (Å²) in [6, 6.07) is 15.2. The standard InChI is InChI=1S/C25H33BrN4O3S/c1-4-30(5-2)16-9-17-34(31,32)29-23(15-12-20-10-7-6-8-11-20)25-27-24(28-33-25)22-14-13-21(26)18-19(22)3/h6-8,10-11,13-14,18,23,29H,4-5,9,12,15-17H2,1-3H3/t23-/m1/s1. The van der Waals surface area contributed by atoms with E-state index in [2.05, 4.69) is 49.5 Å². The summed E-state index contributed by atoms with van der Waals surface area (Å²) < 4.78 is 35.2. The second-order valence-corrected chi connectivity index (χ2v) is 11.1. The number of hydrogen-bond acceptors (Lipinski definition) is 6. The first-order chi connectivity index (χ1) is 16.3. The highest BCUT2D eigenvalue weighted by molar-refractivity contribution is 9.10. The van der Waals surface area contributed by atoms with E-state index in [1.165, 1.54) is 0 Å². The predicted octanol–water partition coefficient (Wildman–Crippen LogP) is 5.13. The van der Waals surface area contributed by atoms with Gasteiger partial charge in [-0.2, -0.15) is 4.98 Å². The fourth-order valence-electron chi connectivity index (χ4n) is 3.85. The minimum absolute atomic E-state index is 0.0537. The number of hydrogen-bond donors (Lipinski definition) is 1. The highest BCUT2D eigenvalue weighted by Crippen LogP contribution is 2.26. The van der Waals surface area contributed by atoms with Crippen LogP contribution in [-0.4, -0.2) is 48.8 Å². The predicted molar refractivity (Wildman–Crippen MR) is 139 cm³/mol. The van der Waals surface area contributed by atoms with E-state index < -0.39 is 16.1 Å². The van der Waals surface area contributed by atoms with E-state index in [1.54, 1.807) is 0 Å². The van der Waals surface area contributed by atoms with Crippen molar-refractivity contribution in [1.29, 1.82) is 0 Å². The van der Waals surface area contributed by atoms with E-state index in [9.17, 15) is 8.42 Å². The van der Waals surface area contributed by atoms with Gasteiger partial charge in [0, 0.05) is 10.0 Å². The summed E-state index contributed by atoms with van der Waals surface area (Å²) in [7, 11) is -3.53. The molecule has 1 aromatic heterocycles. The monoisotopic (exact) mass is 548 g/mol. The molecule has 0 aliphatic rings. The van der Waals surface area contributed by atoms with E-state index in [-0.39, 0.29) is 11.6 Å². The molecule has 3 rings (SSSR count). The van der Waals surface area contributed by atoms with E-state index in [4.69, 9.17) is 4.52 Å². The minimum Gasteiger partial charge on any atom is -0.337 e. The molecule has 1 atom stereocenters. The lowest BCUT2D eigenvalue weighted by atomic mass is 10.1. The summed E-state index contributed by atoms with van der Waals surface area (Å²) in [4.78, 5) is 6.79. The average Bonchev–Trinajstić information content (AvgIpc) is 3.30. The van der Waals surface area contributed by atoms with Crippen LogP contribution in [0.5, 0.6) is 0 Å². The zero-order valence-electron chi connectivity index (χ0n) is 20.0. The Balaban J connectivity index is 1.77. The Bertz CT molecular complexity index is 1150. The second kappa shape index (κ2) is 12.6. The number of rotatable bonds is 13. The van der Waals surface area contributed by atoms with Gasteiger partial charge >= 0.3 is 0 Å². The maximum absolute atomic E-state index is 12.9. The Morgan fingerprint density at radius 3 is 2.53 bits per heavy atom. The smallest absolute Gasteiger partial charge is 0.245 e. The number of halogens is 1.